The molecule has 2 aliphatic heterocycles. The van der Waals surface area contributed by atoms with Crippen molar-refractivity contribution in [2.24, 2.45) is 0 Å². The molecule has 2 aromatic rings. The van der Waals surface area contributed by atoms with Gasteiger partial charge in [-0.15, -0.1) is 0 Å². The Morgan fingerprint density at radius 2 is 1.81 bits per heavy atom. The summed E-state index contributed by atoms with van der Waals surface area (Å²) in [5.41, 5.74) is 1.72. The van der Waals surface area contributed by atoms with E-state index in [1.54, 1.807) is 12.1 Å². The molecule has 4 rings (SSSR count). The number of anilines is 4. The lowest BCUT2D eigenvalue weighted by atomic mass is 10.2. The van der Waals surface area contributed by atoms with Crippen LogP contribution in [0, 0.1) is 10.1 Å². The van der Waals surface area contributed by atoms with E-state index in [1.807, 2.05) is 12.1 Å². The first-order valence-electron chi connectivity index (χ1n) is 9.16. The van der Waals surface area contributed by atoms with Crippen LogP contribution >= 0.6 is 0 Å². The van der Waals surface area contributed by atoms with Crippen LogP contribution in [0.3, 0.4) is 0 Å². The Kier molecular flexibility index (Phi) is 4.76. The van der Waals surface area contributed by atoms with Crippen LogP contribution in [0.2, 0.25) is 0 Å². The van der Waals surface area contributed by atoms with Crippen LogP contribution in [0.5, 0.6) is 0 Å². The van der Waals surface area contributed by atoms with Gasteiger partial charge in [-0.3, -0.25) is 10.1 Å². The van der Waals surface area contributed by atoms with Gasteiger partial charge < -0.3 is 20.0 Å². The molecule has 2 saturated heterocycles. The second-order valence-corrected chi connectivity index (χ2v) is 6.98. The van der Waals surface area contributed by atoms with Crippen LogP contribution in [0.15, 0.2) is 30.6 Å². The molecule has 0 bridgehead atoms. The van der Waals surface area contributed by atoms with E-state index >= 15 is 0 Å². The summed E-state index contributed by atoms with van der Waals surface area (Å²) >= 11 is 0. The number of piperazine rings is 1. The predicted molar refractivity (Wildman–Crippen MR) is 105 cm³/mol. The van der Waals surface area contributed by atoms with Gasteiger partial charge in [-0.1, -0.05) is 0 Å². The minimum absolute atomic E-state index is 0.0624. The number of benzene rings is 1. The van der Waals surface area contributed by atoms with E-state index in [9.17, 15) is 10.1 Å². The minimum atomic E-state index is -0.371. The zero-order chi connectivity index (χ0) is 18.8. The molecule has 0 aliphatic carbocycles. The summed E-state index contributed by atoms with van der Waals surface area (Å²) in [6.45, 7) is 5.68. The van der Waals surface area contributed by atoms with E-state index in [2.05, 4.69) is 37.0 Å². The van der Waals surface area contributed by atoms with Gasteiger partial charge in [0, 0.05) is 57.5 Å². The highest BCUT2D eigenvalue weighted by atomic mass is 16.6. The van der Waals surface area contributed by atoms with Crippen molar-refractivity contribution in [3.63, 3.8) is 0 Å². The third-order valence-electron chi connectivity index (χ3n) is 5.13. The van der Waals surface area contributed by atoms with Crippen molar-refractivity contribution in [1.29, 1.82) is 0 Å². The Labute approximate surface area is 157 Å². The zero-order valence-electron chi connectivity index (χ0n) is 15.3. The largest absolute Gasteiger partial charge is 0.367 e. The van der Waals surface area contributed by atoms with E-state index in [-0.39, 0.29) is 10.6 Å². The van der Waals surface area contributed by atoms with Gasteiger partial charge in [0.2, 0.25) is 0 Å². The first-order chi connectivity index (χ1) is 13.1. The molecule has 2 aliphatic rings. The van der Waals surface area contributed by atoms with Crippen LogP contribution in [0.1, 0.15) is 6.42 Å². The highest BCUT2D eigenvalue weighted by molar-refractivity contribution is 5.77. The van der Waals surface area contributed by atoms with Crippen molar-refractivity contribution in [1.82, 2.24) is 14.9 Å². The van der Waals surface area contributed by atoms with Gasteiger partial charge in [-0.05, 0) is 19.5 Å². The van der Waals surface area contributed by atoms with E-state index < -0.39 is 0 Å². The molecule has 0 atom stereocenters. The number of hydrogen-bond donors (Lipinski definition) is 1. The summed E-state index contributed by atoms with van der Waals surface area (Å²) < 4.78 is 0. The fourth-order valence-corrected chi connectivity index (χ4v) is 3.33. The molecule has 2 fully saturated rings. The molecule has 1 N–H and O–H groups in total. The molecule has 3 heterocycles. The summed E-state index contributed by atoms with van der Waals surface area (Å²) in [6, 6.07) is 6.86. The number of nitro benzene ring substituents is 1. The molecule has 9 heteroatoms. The lowest BCUT2D eigenvalue weighted by molar-refractivity contribution is -0.384. The Hall–Kier alpha value is -2.94. The number of likely N-dealkylation sites (N-methyl/N-ethyl adjacent to an activating group) is 1. The van der Waals surface area contributed by atoms with Crippen molar-refractivity contribution in [2.45, 2.75) is 6.42 Å². The summed E-state index contributed by atoms with van der Waals surface area (Å²) in [7, 11) is 2.10. The topological polar surface area (TPSA) is 90.7 Å². The highest BCUT2D eigenvalue weighted by Gasteiger charge is 2.21. The van der Waals surface area contributed by atoms with E-state index in [0.29, 0.717) is 11.5 Å². The number of rotatable bonds is 5. The standard InChI is InChI=1S/C18H23N7O2/c1-22-7-9-23(10-8-22)16-4-3-14(25(26)27)11-15(16)21-17-12-18(20-13-19-17)24-5-2-6-24/h3-4,11-13H,2,5-10H2,1H3,(H,19,20,21). The predicted octanol–water partition coefficient (Wildman–Crippen LogP) is 2.09. The molecular weight excluding hydrogens is 346 g/mol. The van der Waals surface area contributed by atoms with Crippen LogP contribution in [-0.4, -0.2) is 66.1 Å². The van der Waals surface area contributed by atoms with E-state index in [0.717, 1.165) is 50.8 Å². The Balaban J connectivity index is 1.63. The van der Waals surface area contributed by atoms with Gasteiger partial charge in [0.15, 0.2) is 0 Å². The second kappa shape index (κ2) is 7.36. The fourth-order valence-electron chi connectivity index (χ4n) is 3.33. The minimum Gasteiger partial charge on any atom is -0.367 e. The number of nitrogens with zero attached hydrogens (tertiary/aromatic N) is 6. The Bertz CT molecular complexity index is 832. The van der Waals surface area contributed by atoms with E-state index in [1.165, 1.54) is 12.7 Å². The summed E-state index contributed by atoms with van der Waals surface area (Å²) in [5, 5.41) is 14.5. The molecular formula is C18H23N7O2. The van der Waals surface area contributed by atoms with Crippen LogP contribution in [0.4, 0.5) is 28.7 Å². The molecule has 0 saturated carbocycles. The second-order valence-electron chi connectivity index (χ2n) is 6.98. The Morgan fingerprint density at radius 3 is 2.48 bits per heavy atom. The normalized spacial score (nSPS) is 17.5. The lowest BCUT2D eigenvalue weighted by Crippen LogP contribution is -2.44. The van der Waals surface area contributed by atoms with Gasteiger partial charge in [0.05, 0.1) is 16.3 Å². The van der Waals surface area contributed by atoms with E-state index in [4.69, 9.17) is 0 Å². The maximum absolute atomic E-state index is 11.3. The average Bonchev–Trinajstić information content (AvgIpc) is 2.61. The molecule has 1 aromatic carbocycles. The van der Waals surface area contributed by atoms with Crippen molar-refractivity contribution < 1.29 is 4.92 Å². The van der Waals surface area contributed by atoms with Crippen molar-refractivity contribution >= 4 is 28.7 Å². The number of nitrogens with one attached hydrogen (secondary N) is 1. The van der Waals surface area contributed by atoms with Gasteiger partial charge in [-0.2, -0.15) is 0 Å². The van der Waals surface area contributed by atoms with Gasteiger partial charge in [0.1, 0.15) is 18.0 Å². The molecule has 1 aromatic heterocycles. The quantitative estimate of drug-likeness (QED) is 0.633. The molecule has 0 spiro atoms. The summed E-state index contributed by atoms with van der Waals surface area (Å²) in [4.78, 5) is 26.2. The maximum atomic E-state index is 11.3. The number of non-ortho nitro benzene ring substituents is 1. The van der Waals surface area contributed by atoms with Crippen LogP contribution < -0.4 is 15.1 Å². The Morgan fingerprint density at radius 1 is 1.04 bits per heavy atom. The third kappa shape index (κ3) is 3.77. The monoisotopic (exact) mass is 369 g/mol. The fraction of sp³-hybridized carbons (Fsp3) is 0.444. The number of nitro groups is 1. The number of aromatic nitrogens is 2. The van der Waals surface area contributed by atoms with Crippen molar-refractivity contribution in [3.8, 4) is 0 Å². The smallest absolute Gasteiger partial charge is 0.271 e. The first-order valence-corrected chi connectivity index (χ1v) is 9.16. The highest BCUT2D eigenvalue weighted by Crippen LogP contribution is 2.33. The maximum Gasteiger partial charge on any atom is 0.271 e. The molecule has 0 unspecified atom stereocenters. The van der Waals surface area contributed by atoms with Gasteiger partial charge in [-0.25, -0.2) is 9.97 Å². The van der Waals surface area contributed by atoms with Crippen LogP contribution in [-0.2, 0) is 0 Å². The SMILES string of the molecule is CN1CCN(c2ccc([N+](=O)[O-])cc2Nc2cc(N3CCC3)ncn2)CC1. The zero-order valence-corrected chi connectivity index (χ0v) is 15.3. The van der Waals surface area contributed by atoms with Crippen LogP contribution in [0.25, 0.3) is 0 Å². The molecule has 9 nitrogen and oxygen atoms in total. The van der Waals surface area contributed by atoms with Gasteiger partial charge in [0.25, 0.3) is 5.69 Å². The van der Waals surface area contributed by atoms with Crippen molar-refractivity contribution in [2.75, 3.05) is 61.4 Å². The number of hydrogen-bond acceptors (Lipinski definition) is 8. The molecule has 0 radical (unpaired) electrons. The molecule has 27 heavy (non-hydrogen) atoms. The molecule has 142 valence electrons. The summed E-state index contributed by atoms with van der Waals surface area (Å²) in [5.74, 6) is 1.52. The summed E-state index contributed by atoms with van der Waals surface area (Å²) in [6.07, 6.45) is 2.70. The van der Waals surface area contributed by atoms with Crippen molar-refractivity contribution in [3.05, 3.63) is 40.7 Å². The third-order valence-corrected chi connectivity index (χ3v) is 5.13. The average molecular weight is 369 g/mol. The molecule has 0 amide bonds. The van der Waals surface area contributed by atoms with Gasteiger partial charge >= 0.3 is 0 Å². The first kappa shape index (κ1) is 17.5. The lowest BCUT2D eigenvalue weighted by Gasteiger charge is -2.35.